The highest BCUT2D eigenvalue weighted by atomic mass is 35.5. The van der Waals surface area contributed by atoms with Gasteiger partial charge in [0, 0.05) is 0 Å². The van der Waals surface area contributed by atoms with Gasteiger partial charge in [0.05, 0.1) is 46.6 Å². The van der Waals surface area contributed by atoms with Crippen molar-refractivity contribution in [2.75, 3.05) is 18.4 Å². The van der Waals surface area contributed by atoms with E-state index in [-0.39, 0.29) is 34.4 Å². The number of β-amino-alcohol motifs (C(OH)–C–C–N with tert-alkyl or cyclic N) is 2. The summed E-state index contributed by atoms with van der Waals surface area (Å²) in [4.78, 5) is 24.0. The molecular weight excluding hydrogens is 323 g/mol. The van der Waals surface area contributed by atoms with Crippen LogP contribution in [0, 0.1) is 0 Å². The van der Waals surface area contributed by atoms with E-state index in [2.05, 4.69) is 5.32 Å². The first-order chi connectivity index (χ1) is 9.79. The molecule has 9 heteroatoms. The summed E-state index contributed by atoms with van der Waals surface area (Å²) >= 11 is 11.8. The van der Waals surface area contributed by atoms with Crippen molar-refractivity contribution in [3.8, 4) is 0 Å². The molecule has 1 fully saturated rings. The number of rotatable bonds is 2. The van der Waals surface area contributed by atoms with E-state index in [9.17, 15) is 19.8 Å². The summed E-state index contributed by atoms with van der Waals surface area (Å²) in [6, 6.07) is 1.73. The number of benzene rings is 1. The van der Waals surface area contributed by atoms with Gasteiger partial charge in [-0.15, -0.1) is 0 Å². The van der Waals surface area contributed by atoms with Crippen LogP contribution >= 0.6 is 23.2 Å². The van der Waals surface area contributed by atoms with Gasteiger partial charge in [0.25, 0.3) is 0 Å². The lowest BCUT2D eigenvalue weighted by Gasteiger charge is -2.18. The highest BCUT2D eigenvalue weighted by molar-refractivity contribution is 6.40. The first-order valence-electron chi connectivity index (χ1n) is 5.94. The largest absolute Gasteiger partial charge is 0.478 e. The van der Waals surface area contributed by atoms with E-state index in [4.69, 9.17) is 28.3 Å². The van der Waals surface area contributed by atoms with Gasteiger partial charge in [-0.3, -0.25) is 0 Å². The van der Waals surface area contributed by atoms with E-state index in [1.807, 2.05) is 0 Å². The molecule has 1 heterocycles. The van der Waals surface area contributed by atoms with Crippen molar-refractivity contribution >= 4 is 40.9 Å². The lowest BCUT2D eigenvalue weighted by atomic mass is 10.2. The van der Waals surface area contributed by atoms with Gasteiger partial charge < -0.3 is 25.5 Å². The van der Waals surface area contributed by atoms with Crippen LogP contribution in [-0.2, 0) is 0 Å². The molecule has 0 aromatic heterocycles. The third-order valence-electron chi connectivity index (χ3n) is 3.07. The molecule has 2 rings (SSSR count). The molecule has 2 atom stereocenters. The molecule has 1 aliphatic rings. The average molecular weight is 335 g/mol. The third-order valence-corrected chi connectivity index (χ3v) is 3.66. The van der Waals surface area contributed by atoms with Crippen molar-refractivity contribution in [2.24, 2.45) is 0 Å². The van der Waals surface area contributed by atoms with Gasteiger partial charge in [-0.2, -0.15) is 0 Å². The number of likely N-dealkylation sites (tertiary alicyclic amines) is 1. The van der Waals surface area contributed by atoms with E-state index in [0.717, 1.165) is 0 Å². The molecular formula is C12H12Cl2N2O5. The summed E-state index contributed by atoms with van der Waals surface area (Å²) < 4.78 is 0. The zero-order chi connectivity index (χ0) is 15.7. The monoisotopic (exact) mass is 334 g/mol. The number of aliphatic hydroxyl groups is 2. The fourth-order valence-electron chi connectivity index (χ4n) is 1.94. The summed E-state index contributed by atoms with van der Waals surface area (Å²) in [6.07, 6.45) is -2.01. The first-order valence-corrected chi connectivity index (χ1v) is 6.69. The number of carbonyl (C=O) groups is 2. The second-order valence-corrected chi connectivity index (χ2v) is 5.40. The van der Waals surface area contributed by atoms with Crippen LogP contribution in [0.4, 0.5) is 10.5 Å². The standard InChI is InChI=1S/C12H12Cl2N2O5/c13-6-1-5(11(19)20)2-7(14)10(6)15-12(21)16-3-8(17)9(18)4-16/h1-2,8-9,17-18H,3-4H2,(H,15,21)(H,19,20). The van der Waals surface area contributed by atoms with E-state index in [1.165, 1.54) is 17.0 Å². The van der Waals surface area contributed by atoms with Gasteiger partial charge in [0.15, 0.2) is 0 Å². The Hall–Kier alpha value is -1.54. The summed E-state index contributed by atoms with van der Waals surface area (Å²) in [5.41, 5.74) is -0.0285. The van der Waals surface area contributed by atoms with Crippen molar-refractivity contribution in [1.82, 2.24) is 4.90 Å². The van der Waals surface area contributed by atoms with Crippen molar-refractivity contribution in [1.29, 1.82) is 0 Å². The first kappa shape index (κ1) is 15.8. The molecule has 1 saturated heterocycles. The Bertz CT molecular complexity index is 562. The number of nitrogens with one attached hydrogen (secondary N) is 1. The van der Waals surface area contributed by atoms with E-state index < -0.39 is 24.2 Å². The highest BCUT2D eigenvalue weighted by Gasteiger charge is 2.33. The molecule has 0 aliphatic carbocycles. The molecule has 1 aromatic carbocycles. The molecule has 0 radical (unpaired) electrons. The van der Waals surface area contributed by atoms with Crippen LogP contribution in [0.1, 0.15) is 10.4 Å². The van der Waals surface area contributed by atoms with Gasteiger partial charge >= 0.3 is 12.0 Å². The number of anilines is 1. The van der Waals surface area contributed by atoms with Crippen molar-refractivity contribution < 1.29 is 24.9 Å². The SMILES string of the molecule is O=C(O)c1cc(Cl)c(NC(=O)N2CC(O)C(O)C2)c(Cl)c1. The Morgan fingerprint density at radius 2 is 1.62 bits per heavy atom. The van der Waals surface area contributed by atoms with Crippen molar-refractivity contribution in [3.05, 3.63) is 27.7 Å². The Balaban J connectivity index is 2.17. The minimum atomic E-state index is -1.19. The summed E-state index contributed by atoms with van der Waals surface area (Å²) in [7, 11) is 0. The van der Waals surface area contributed by atoms with Gasteiger partial charge in [0.2, 0.25) is 0 Å². The molecule has 114 valence electrons. The Morgan fingerprint density at radius 1 is 1.14 bits per heavy atom. The predicted octanol–water partition coefficient (Wildman–Crippen LogP) is 1.26. The average Bonchev–Trinajstić information content (AvgIpc) is 2.73. The number of urea groups is 1. The number of aliphatic hydroxyl groups excluding tert-OH is 2. The van der Waals surface area contributed by atoms with Crippen LogP contribution in [-0.4, -0.2) is 57.5 Å². The maximum absolute atomic E-state index is 12.0. The van der Waals surface area contributed by atoms with Crippen molar-refractivity contribution in [2.45, 2.75) is 12.2 Å². The van der Waals surface area contributed by atoms with E-state index in [1.54, 1.807) is 0 Å². The number of carboxylic acid groups (broad SMARTS) is 1. The molecule has 7 nitrogen and oxygen atoms in total. The zero-order valence-corrected chi connectivity index (χ0v) is 12.1. The normalized spacial score (nSPS) is 21.4. The molecule has 1 aliphatic heterocycles. The predicted molar refractivity (Wildman–Crippen MR) is 76.0 cm³/mol. The van der Waals surface area contributed by atoms with Crippen LogP contribution in [0.3, 0.4) is 0 Å². The van der Waals surface area contributed by atoms with Crippen LogP contribution in [0.15, 0.2) is 12.1 Å². The van der Waals surface area contributed by atoms with Crippen molar-refractivity contribution in [3.63, 3.8) is 0 Å². The van der Waals surface area contributed by atoms with Crippen LogP contribution in [0.5, 0.6) is 0 Å². The van der Waals surface area contributed by atoms with Gasteiger partial charge in [-0.1, -0.05) is 23.2 Å². The molecule has 2 amide bonds. The lowest BCUT2D eigenvalue weighted by molar-refractivity contribution is 0.0572. The molecule has 0 saturated carbocycles. The Labute approximate surface area is 129 Å². The van der Waals surface area contributed by atoms with Gasteiger partial charge in [0.1, 0.15) is 0 Å². The van der Waals surface area contributed by atoms with Gasteiger partial charge in [-0.25, -0.2) is 9.59 Å². The number of nitrogens with zero attached hydrogens (tertiary/aromatic N) is 1. The number of aromatic carboxylic acids is 1. The fraction of sp³-hybridized carbons (Fsp3) is 0.333. The maximum Gasteiger partial charge on any atom is 0.335 e. The summed E-state index contributed by atoms with van der Waals surface area (Å²) in [5.74, 6) is -1.19. The second-order valence-electron chi connectivity index (χ2n) is 4.59. The molecule has 4 N–H and O–H groups in total. The minimum absolute atomic E-state index is 0.0184. The molecule has 0 bridgehead atoms. The topological polar surface area (TPSA) is 110 Å². The van der Waals surface area contributed by atoms with E-state index >= 15 is 0 Å². The lowest BCUT2D eigenvalue weighted by Crippen LogP contribution is -2.34. The maximum atomic E-state index is 12.0. The highest BCUT2D eigenvalue weighted by Crippen LogP contribution is 2.32. The Morgan fingerprint density at radius 3 is 2.05 bits per heavy atom. The number of carboxylic acids is 1. The number of carbonyl (C=O) groups excluding carboxylic acids is 1. The van der Waals surface area contributed by atoms with Crippen LogP contribution < -0.4 is 5.32 Å². The zero-order valence-electron chi connectivity index (χ0n) is 10.6. The second kappa shape index (κ2) is 6.07. The van der Waals surface area contributed by atoms with E-state index in [0.29, 0.717) is 0 Å². The quantitative estimate of drug-likeness (QED) is 0.650. The number of hydrogen-bond donors (Lipinski definition) is 4. The third kappa shape index (κ3) is 3.38. The molecule has 0 spiro atoms. The molecule has 1 aromatic rings. The van der Waals surface area contributed by atoms with Crippen LogP contribution in [0.25, 0.3) is 0 Å². The number of halogens is 2. The minimum Gasteiger partial charge on any atom is -0.478 e. The number of amides is 2. The van der Waals surface area contributed by atoms with Crippen LogP contribution in [0.2, 0.25) is 10.0 Å². The van der Waals surface area contributed by atoms with Gasteiger partial charge in [-0.05, 0) is 12.1 Å². The summed E-state index contributed by atoms with van der Waals surface area (Å²) in [5, 5.41) is 30.1. The Kier molecular flexibility index (Phi) is 4.58. The molecule has 21 heavy (non-hydrogen) atoms. The smallest absolute Gasteiger partial charge is 0.335 e. The number of hydrogen-bond acceptors (Lipinski definition) is 4. The fourth-order valence-corrected chi connectivity index (χ4v) is 2.52. The molecule has 2 unspecified atom stereocenters. The summed E-state index contributed by atoms with van der Waals surface area (Å²) in [6.45, 7) is -0.0368.